The zero-order valence-corrected chi connectivity index (χ0v) is 30.2. The summed E-state index contributed by atoms with van der Waals surface area (Å²) in [4.78, 5) is 15.1. The van der Waals surface area contributed by atoms with Gasteiger partial charge in [0.05, 0.1) is 11.0 Å². The molecule has 3 heterocycles. The van der Waals surface area contributed by atoms with Crippen molar-refractivity contribution in [2.45, 2.75) is 0 Å². The first kappa shape index (κ1) is 31.9. The highest BCUT2D eigenvalue weighted by Crippen LogP contribution is 2.38. The summed E-state index contributed by atoms with van der Waals surface area (Å²) in [6.07, 6.45) is 0. The van der Waals surface area contributed by atoms with E-state index in [2.05, 4.69) is 150 Å². The lowest BCUT2D eigenvalue weighted by Crippen LogP contribution is -2.00. The summed E-state index contributed by atoms with van der Waals surface area (Å²) in [6, 6.07) is 67.5. The number of aromatic nitrogens is 4. The van der Waals surface area contributed by atoms with E-state index in [4.69, 9.17) is 19.4 Å². The molecule has 11 rings (SSSR count). The summed E-state index contributed by atoms with van der Waals surface area (Å²) in [6.45, 7) is 0. The van der Waals surface area contributed by atoms with Crippen LogP contribution in [-0.2, 0) is 0 Å². The van der Waals surface area contributed by atoms with Crippen LogP contribution in [0.15, 0.2) is 199 Å². The first-order chi connectivity index (χ1) is 27.7. The Bertz CT molecular complexity index is 3240. The second-order valence-electron chi connectivity index (χ2n) is 14.1. The van der Waals surface area contributed by atoms with Gasteiger partial charge in [-0.25, -0.2) is 15.0 Å². The van der Waals surface area contributed by atoms with Crippen LogP contribution in [0, 0.1) is 0 Å². The fraction of sp³-hybridized carbons (Fsp3) is 0. The topological polar surface area (TPSA) is 56.7 Å². The summed E-state index contributed by atoms with van der Waals surface area (Å²) in [5.41, 5.74) is 12.4. The van der Waals surface area contributed by atoms with Gasteiger partial charge in [-0.15, -0.1) is 0 Å². The maximum Gasteiger partial charge on any atom is 0.164 e. The Hall–Kier alpha value is -7.63. The summed E-state index contributed by atoms with van der Waals surface area (Å²) in [5.74, 6) is 1.85. The van der Waals surface area contributed by atoms with Gasteiger partial charge >= 0.3 is 0 Å². The van der Waals surface area contributed by atoms with Crippen LogP contribution in [-0.4, -0.2) is 19.5 Å². The second-order valence-corrected chi connectivity index (χ2v) is 14.1. The minimum Gasteiger partial charge on any atom is -0.456 e. The SMILES string of the molecule is c1ccc(-c2cccc(-c3nc(-c4ccccc4)nc(-c4ccc5oc6cc(-n7c8ccccc8c8cc(-c9ccccc9)ccc87)ccc6c5c4)n3)c2)cc1. The highest BCUT2D eigenvalue weighted by molar-refractivity contribution is 6.11. The largest absolute Gasteiger partial charge is 0.456 e. The van der Waals surface area contributed by atoms with Crippen LogP contribution in [0.5, 0.6) is 0 Å². The van der Waals surface area contributed by atoms with E-state index in [-0.39, 0.29) is 0 Å². The molecule has 0 unspecified atom stereocenters. The van der Waals surface area contributed by atoms with E-state index in [1.54, 1.807) is 0 Å². The van der Waals surface area contributed by atoms with Gasteiger partial charge in [-0.1, -0.05) is 133 Å². The van der Waals surface area contributed by atoms with Gasteiger partial charge in [0, 0.05) is 50.0 Å². The van der Waals surface area contributed by atoms with E-state index in [0.717, 1.165) is 66.5 Å². The molecular formula is C51H32N4O. The number of nitrogens with zero attached hydrogens (tertiary/aromatic N) is 4. The van der Waals surface area contributed by atoms with E-state index in [9.17, 15) is 0 Å². The van der Waals surface area contributed by atoms with Crippen molar-refractivity contribution in [3.05, 3.63) is 194 Å². The number of benzene rings is 8. The number of hydrogen-bond donors (Lipinski definition) is 0. The molecule has 0 bridgehead atoms. The molecule has 0 aliphatic heterocycles. The van der Waals surface area contributed by atoms with Gasteiger partial charge in [-0.05, 0) is 76.9 Å². The highest BCUT2D eigenvalue weighted by atomic mass is 16.3. The van der Waals surface area contributed by atoms with Crippen LogP contribution < -0.4 is 0 Å². The first-order valence-electron chi connectivity index (χ1n) is 18.8. The fourth-order valence-corrected chi connectivity index (χ4v) is 7.92. The fourth-order valence-electron chi connectivity index (χ4n) is 7.92. The van der Waals surface area contributed by atoms with Crippen LogP contribution in [0.4, 0.5) is 0 Å². The second kappa shape index (κ2) is 13.0. The molecule has 0 aliphatic carbocycles. The first-order valence-corrected chi connectivity index (χ1v) is 18.8. The van der Waals surface area contributed by atoms with Gasteiger partial charge in [-0.3, -0.25) is 0 Å². The summed E-state index contributed by atoms with van der Waals surface area (Å²) in [7, 11) is 0. The van der Waals surface area contributed by atoms with Crippen molar-refractivity contribution in [1.29, 1.82) is 0 Å². The Morgan fingerprint density at radius 1 is 0.304 bits per heavy atom. The molecule has 5 nitrogen and oxygen atoms in total. The smallest absolute Gasteiger partial charge is 0.164 e. The van der Waals surface area contributed by atoms with E-state index < -0.39 is 0 Å². The molecule has 0 aliphatic rings. The number of fused-ring (bicyclic) bond motifs is 6. The van der Waals surface area contributed by atoms with Gasteiger partial charge in [0.1, 0.15) is 11.2 Å². The van der Waals surface area contributed by atoms with Crippen LogP contribution in [0.2, 0.25) is 0 Å². The lowest BCUT2D eigenvalue weighted by molar-refractivity contribution is 0.668. The third-order valence-corrected chi connectivity index (χ3v) is 10.6. The average Bonchev–Trinajstić information content (AvgIpc) is 3.81. The molecule has 0 fully saturated rings. The van der Waals surface area contributed by atoms with Crippen LogP contribution >= 0.6 is 0 Å². The minimum absolute atomic E-state index is 0.604. The van der Waals surface area contributed by atoms with Crippen molar-refractivity contribution >= 4 is 43.7 Å². The molecule has 56 heavy (non-hydrogen) atoms. The predicted octanol–water partition coefficient (Wildman–Crippen LogP) is 13.2. The molecule has 5 heteroatoms. The van der Waals surface area contributed by atoms with Crippen molar-refractivity contribution in [2.75, 3.05) is 0 Å². The third kappa shape index (κ3) is 5.45. The van der Waals surface area contributed by atoms with Gasteiger partial charge in [0.15, 0.2) is 17.5 Å². The molecule has 0 spiro atoms. The molecule has 0 radical (unpaired) electrons. The lowest BCUT2D eigenvalue weighted by Gasteiger charge is -2.10. The standard InChI is InChI=1S/C51H32N4O/c1-4-13-33(14-5-1)36-19-12-20-38(29-36)50-52-49(35-17-8-3-9-18-35)53-51(54-50)39-24-28-47-44(31-39)42-26-25-40(32-48(42)56-47)55-45-22-11-10-21-41(45)43-30-37(23-27-46(43)55)34-15-6-2-7-16-34/h1-32H. The lowest BCUT2D eigenvalue weighted by atomic mass is 10.0. The maximum atomic E-state index is 6.56. The van der Waals surface area contributed by atoms with Crippen molar-refractivity contribution in [3.63, 3.8) is 0 Å². The normalized spacial score (nSPS) is 11.6. The zero-order chi connectivity index (χ0) is 37.0. The minimum atomic E-state index is 0.604. The predicted molar refractivity (Wildman–Crippen MR) is 229 cm³/mol. The quantitative estimate of drug-likeness (QED) is 0.172. The Labute approximate surface area is 322 Å². The van der Waals surface area contributed by atoms with Gasteiger partial charge in [-0.2, -0.15) is 0 Å². The van der Waals surface area contributed by atoms with Crippen molar-refractivity contribution in [1.82, 2.24) is 19.5 Å². The Balaban J connectivity index is 1.03. The molecule has 0 atom stereocenters. The van der Waals surface area contributed by atoms with Gasteiger partial charge < -0.3 is 8.98 Å². The molecule has 0 N–H and O–H groups in total. The molecule has 0 saturated heterocycles. The molecular weight excluding hydrogens is 685 g/mol. The maximum absolute atomic E-state index is 6.56. The van der Waals surface area contributed by atoms with E-state index in [1.807, 2.05) is 48.5 Å². The Kier molecular flexibility index (Phi) is 7.42. The molecule has 8 aromatic carbocycles. The van der Waals surface area contributed by atoms with Crippen LogP contribution in [0.3, 0.4) is 0 Å². The summed E-state index contributed by atoms with van der Waals surface area (Å²) < 4.78 is 8.89. The van der Waals surface area contributed by atoms with E-state index in [0.29, 0.717) is 17.5 Å². The number of furan rings is 1. The number of para-hydroxylation sites is 1. The van der Waals surface area contributed by atoms with E-state index in [1.165, 1.54) is 21.9 Å². The highest BCUT2D eigenvalue weighted by Gasteiger charge is 2.18. The zero-order valence-electron chi connectivity index (χ0n) is 30.2. The molecule has 0 saturated carbocycles. The monoisotopic (exact) mass is 716 g/mol. The van der Waals surface area contributed by atoms with Gasteiger partial charge in [0.2, 0.25) is 0 Å². The average molecular weight is 717 g/mol. The van der Waals surface area contributed by atoms with Crippen molar-refractivity contribution in [3.8, 4) is 62.1 Å². The summed E-state index contributed by atoms with van der Waals surface area (Å²) in [5, 5.41) is 4.47. The summed E-state index contributed by atoms with van der Waals surface area (Å²) >= 11 is 0. The molecule has 0 amide bonds. The molecule has 262 valence electrons. The number of rotatable bonds is 6. The van der Waals surface area contributed by atoms with Crippen molar-refractivity contribution in [2.24, 2.45) is 0 Å². The Morgan fingerprint density at radius 3 is 1.57 bits per heavy atom. The third-order valence-electron chi connectivity index (χ3n) is 10.6. The number of hydrogen-bond acceptors (Lipinski definition) is 4. The van der Waals surface area contributed by atoms with Crippen molar-refractivity contribution < 1.29 is 4.42 Å². The van der Waals surface area contributed by atoms with Crippen LogP contribution in [0.1, 0.15) is 0 Å². The molecule has 11 aromatic rings. The van der Waals surface area contributed by atoms with E-state index >= 15 is 0 Å². The van der Waals surface area contributed by atoms with Gasteiger partial charge in [0.25, 0.3) is 0 Å². The Morgan fingerprint density at radius 2 is 0.839 bits per heavy atom. The van der Waals surface area contributed by atoms with Crippen LogP contribution in [0.25, 0.3) is 106 Å². The molecule has 3 aromatic heterocycles.